The number of anilines is 1. The first kappa shape index (κ1) is 13.5. The van der Waals surface area contributed by atoms with Crippen molar-refractivity contribution in [2.45, 2.75) is 10.8 Å². The maximum atomic E-state index is 11.9. The molecule has 0 unspecified atom stereocenters. The van der Waals surface area contributed by atoms with Gasteiger partial charge in [0.1, 0.15) is 4.21 Å². The Hall–Kier alpha value is -0.900. The third kappa shape index (κ3) is 3.31. The lowest BCUT2D eigenvalue weighted by Crippen LogP contribution is -2.26. The molecule has 0 fully saturated rings. The Labute approximate surface area is 117 Å². The number of nitrogens with one attached hydrogen (secondary N) is 1. The first-order valence-electron chi connectivity index (χ1n) is 5.00. The Morgan fingerprint density at radius 2 is 2.28 bits per heavy atom. The van der Waals surface area contributed by atoms with Crippen molar-refractivity contribution in [2.24, 2.45) is 0 Å². The number of sulfonamides is 1. The second-order valence-electron chi connectivity index (χ2n) is 3.49. The molecule has 0 saturated heterocycles. The van der Waals surface area contributed by atoms with Gasteiger partial charge in [-0.2, -0.15) is 5.10 Å². The minimum absolute atomic E-state index is 0.263. The van der Waals surface area contributed by atoms with Crippen LogP contribution in [0.3, 0.4) is 0 Å². The summed E-state index contributed by atoms with van der Waals surface area (Å²) in [7, 11) is -3.44. The van der Waals surface area contributed by atoms with Gasteiger partial charge in [0.2, 0.25) is 10.0 Å². The fraction of sp³-hybridized carbons (Fsp3) is 0.222. The third-order valence-electron chi connectivity index (χ3n) is 2.10. The molecule has 0 bridgehead atoms. The van der Waals surface area contributed by atoms with Crippen molar-refractivity contribution in [3.8, 4) is 0 Å². The fourth-order valence-electron chi connectivity index (χ4n) is 1.31. The lowest BCUT2D eigenvalue weighted by molar-refractivity contribution is 0.562. The zero-order valence-corrected chi connectivity index (χ0v) is 12.4. The SMILES string of the molecule is Nc1cnn(CCNS(=O)(=O)c2ccc(Br)s2)c1. The molecule has 0 aliphatic heterocycles. The molecule has 3 N–H and O–H groups in total. The van der Waals surface area contributed by atoms with Gasteiger partial charge in [-0.3, -0.25) is 4.68 Å². The van der Waals surface area contributed by atoms with E-state index < -0.39 is 10.0 Å². The molecule has 2 aromatic rings. The molecule has 9 heteroatoms. The van der Waals surface area contributed by atoms with Crippen LogP contribution < -0.4 is 10.5 Å². The third-order valence-corrected chi connectivity index (χ3v) is 5.68. The molecule has 0 aromatic carbocycles. The molecule has 2 aromatic heterocycles. The van der Waals surface area contributed by atoms with Crippen LogP contribution in [0.15, 0.2) is 32.5 Å². The van der Waals surface area contributed by atoms with Crippen molar-refractivity contribution in [1.82, 2.24) is 14.5 Å². The van der Waals surface area contributed by atoms with Gasteiger partial charge in [-0.1, -0.05) is 0 Å². The topological polar surface area (TPSA) is 90.0 Å². The molecular formula is C9H11BrN4O2S2. The number of thiophene rings is 1. The van der Waals surface area contributed by atoms with Crippen molar-refractivity contribution in [1.29, 1.82) is 0 Å². The van der Waals surface area contributed by atoms with Crippen LogP contribution in [-0.4, -0.2) is 24.7 Å². The van der Waals surface area contributed by atoms with Crippen LogP contribution in [0.5, 0.6) is 0 Å². The van der Waals surface area contributed by atoms with Gasteiger partial charge >= 0.3 is 0 Å². The smallest absolute Gasteiger partial charge is 0.250 e. The van der Waals surface area contributed by atoms with E-state index >= 15 is 0 Å². The van der Waals surface area contributed by atoms with E-state index in [0.29, 0.717) is 12.2 Å². The first-order chi connectivity index (χ1) is 8.47. The van der Waals surface area contributed by atoms with Crippen molar-refractivity contribution in [2.75, 3.05) is 12.3 Å². The second-order valence-corrected chi connectivity index (χ2v) is 7.95. The maximum absolute atomic E-state index is 11.9. The standard InChI is InChI=1S/C9H11BrN4O2S2/c10-8-1-2-9(17-8)18(15,16)13-3-4-14-6-7(11)5-12-14/h1-2,5-6,13H,3-4,11H2. The van der Waals surface area contributed by atoms with E-state index in [-0.39, 0.29) is 10.8 Å². The van der Waals surface area contributed by atoms with Crippen molar-refractivity contribution in [3.63, 3.8) is 0 Å². The molecule has 0 aliphatic carbocycles. The van der Waals surface area contributed by atoms with Crippen molar-refractivity contribution in [3.05, 3.63) is 28.3 Å². The summed E-state index contributed by atoms with van der Waals surface area (Å²) < 4.78 is 28.9. The van der Waals surface area contributed by atoms with E-state index in [2.05, 4.69) is 25.8 Å². The van der Waals surface area contributed by atoms with Gasteiger partial charge in [0.05, 0.1) is 22.2 Å². The summed E-state index contributed by atoms with van der Waals surface area (Å²) in [5, 5.41) is 3.96. The molecule has 0 radical (unpaired) electrons. The number of nitrogens with zero attached hydrogens (tertiary/aromatic N) is 2. The van der Waals surface area contributed by atoms with Crippen LogP contribution in [0.25, 0.3) is 0 Å². The largest absolute Gasteiger partial charge is 0.396 e. The van der Waals surface area contributed by atoms with E-state index in [1.54, 1.807) is 23.0 Å². The van der Waals surface area contributed by atoms with Crippen molar-refractivity contribution < 1.29 is 8.42 Å². The average molecular weight is 351 g/mol. The highest BCUT2D eigenvalue weighted by Crippen LogP contribution is 2.25. The van der Waals surface area contributed by atoms with Crippen LogP contribution in [-0.2, 0) is 16.6 Å². The lowest BCUT2D eigenvalue weighted by Gasteiger charge is -2.04. The van der Waals surface area contributed by atoms with Gasteiger partial charge in [-0.05, 0) is 28.1 Å². The lowest BCUT2D eigenvalue weighted by atomic mass is 10.6. The predicted molar refractivity (Wildman–Crippen MR) is 73.8 cm³/mol. The van der Waals surface area contributed by atoms with Crippen molar-refractivity contribution >= 4 is 43.0 Å². The summed E-state index contributed by atoms with van der Waals surface area (Å²) in [6.45, 7) is 0.696. The number of hydrogen-bond donors (Lipinski definition) is 2. The summed E-state index contributed by atoms with van der Waals surface area (Å²) in [5.74, 6) is 0. The second kappa shape index (κ2) is 5.39. The molecule has 6 nitrogen and oxygen atoms in total. The molecule has 98 valence electrons. The fourth-order valence-corrected chi connectivity index (χ4v) is 4.39. The Morgan fingerprint density at radius 3 is 2.83 bits per heavy atom. The minimum Gasteiger partial charge on any atom is -0.396 e. The van der Waals surface area contributed by atoms with Gasteiger partial charge in [0, 0.05) is 12.7 Å². The van der Waals surface area contributed by atoms with Gasteiger partial charge in [-0.15, -0.1) is 11.3 Å². The van der Waals surface area contributed by atoms with Gasteiger partial charge in [0.15, 0.2) is 0 Å². The predicted octanol–water partition coefficient (Wildman–Crippen LogP) is 1.27. The molecule has 2 rings (SSSR count). The van der Waals surface area contributed by atoms with E-state index in [1.807, 2.05) is 0 Å². The van der Waals surface area contributed by atoms with E-state index in [1.165, 1.54) is 17.5 Å². The van der Waals surface area contributed by atoms with E-state index in [4.69, 9.17) is 5.73 Å². The summed E-state index contributed by atoms with van der Waals surface area (Å²) in [6.07, 6.45) is 3.17. The Bertz CT molecular complexity index is 635. The zero-order chi connectivity index (χ0) is 13.2. The summed E-state index contributed by atoms with van der Waals surface area (Å²) in [5.41, 5.74) is 6.06. The molecule has 0 spiro atoms. The monoisotopic (exact) mass is 350 g/mol. The molecule has 0 amide bonds. The van der Waals surface area contributed by atoms with Gasteiger partial charge in [0.25, 0.3) is 0 Å². The number of hydrogen-bond acceptors (Lipinski definition) is 5. The first-order valence-corrected chi connectivity index (χ1v) is 8.09. The summed E-state index contributed by atoms with van der Waals surface area (Å²) in [4.78, 5) is 0. The normalized spacial score (nSPS) is 11.8. The molecule has 0 atom stereocenters. The van der Waals surface area contributed by atoms with Crippen LogP contribution in [0.1, 0.15) is 0 Å². The highest BCUT2D eigenvalue weighted by Gasteiger charge is 2.15. The zero-order valence-electron chi connectivity index (χ0n) is 9.21. The molecular weight excluding hydrogens is 340 g/mol. The van der Waals surface area contributed by atoms with Gasteiger partial charge in [-0.25, -0.2) is 13.1 Å². The number of rotatable bonds is 5. The van der Waals surface area contributed by atoms with Crippen LogP contribution in [0.4, 0.5) is 5.69 Å². The molecule has 0 aliphatic rings. The van der Waals surface area contributed by atoms with Crippen LogP contribution in [0.2, 0.25) is 0 Å². The van der Waals surface area contributed by atoms with E-state index in [9.17, 15) is 8.42 Å². The number of nitrogen functional groups attached to an aromatic ring is 1. The quantitative estimate of drug-likeness (QED) is 0.849. The average Bonchev–Trinajstić information content (AvgIpc) is 2.88. The number of nitrogens with two attached hydrogens (primary N) is 1. The minimum atomic E-state index is -3.44. The number of aromatic nitrogens is 2. The maximum Gasteiger partial charge on any atom is 0.250 e. The van der Waals surface area contributed by atoms with Gasteiger partial charge < -0.3 is 5.73 Å². The molecule has 2 heterocycles. The Kier molecular flexibility index (Phi) is 4.05. The Balaban J connectivity index is 1.93. The Morgan fingerprint density at radius 1 is 1.50 bits per heavy atom. The summed E-state index contributed by atoms with van der Waals surface area (Å²) >= 11 is 4.40. The summed E-state index contributed by atoms with van der Waals surface area (Å²) in [6, 6.07) is 3.26. The number of halogens is 1. The highest BCUT2D eigenvalue weighted by molar-refractivity contribution is 9.11. The highest BCUT2D eigenvalue weighted by atomic mass is 79.9. The van der Waals surface area contributed by atoms with E-state index in [0.717, 1.165) is 3.79 Å². The molecule has 0 saturated carbocycles. The van der Waals surface area contributed by atoms with Crippen LogP contribution >= 0.6 is 27.3 Å². The van der Waals surface area contributed by atoms with Crippen LogP contribution in [0, 0.1) is 0 Å². The molecule has 18 heavy (non-hydrogen) atoms.